The zero-order valence-electron chi connectivity index (χ0n) is 9.67. The van der Waals surface area contributed by atoms with Crippen LogP contribution in [0.25, 0.3) is 0 Å². The smallest absolute Gasteiger partial charge is 0.357 e. The molecular weight excluding hydrogens is 242 g/mol. The van der Waals surface area contributed by atoms with E-state index < -0.39 is 17.6 Å². The molecule has 0 aliphatic heterocycles. The van der Waals surface area contributed by atoms with Gasteiger partial charge in [-0.1, -0.05) is 0 Å². The van der Waals surface area contributed by atoms with Gasteiger partial charge in [0.15, 0.2) is 0 Å². The van der Waals surface area contributed by atoms with Crippen LogP contribution >= 0.6 is 0 Å². The number of carboxylic acid groups (broad SMARTS) is 1. The third-order valence-electron chi connectivity index (χ3n) is 2.24. The van der Waals surface area contributed by atoms with Crippen molar-refractivity contribution in [3.8, 4) is 0 Å². The van der Waals surface area contributed by atoms with Gasteiger partial charge in [0.2, 0.25) is 5.91 Å². The summed E-state index contributed by atoms with van der Waals surface area (Å²) in [5.41, 5.74) is 4.80. The number of nitrogens with one attached hydrogen (secondary N) is 1. The second kappa shape index (κ2) is 6.60. The molecule has 0 radical (unpaired) electrons. The number of carboxylic acids is 1. The minimum absolute atomic E-state index is 0.0447. The zero-order valence-corrected chi connectivity index (χ0v) is 9.67. The maximum Gasteiger partial charge on any atom is 0.357 e. The van der Waals surface area contributed by atoms with E-state index in [1.54, 1.807) is 0 Å². The molecule has 0 aliphatic rings. The maximum absolute atomic E-state index is 11.3. The Kier molecular flexibility index (Phi) is 5.12. The van der Waals surface area contributed by atoms with Gasteiger partial charge in [-0.25, -0.2) is 9.53 Å². The van der Waals surface area contributed by atoms with Crippen molar-refractivity contribution in [3.63, 3.8) is 0 Å². The molecule has 1 atom stereocenters. The highest BCUT2D eigenvalue weighted by Gasteiger charge is 2.13. The van der Waals surface area contributed by atoms with Gasteiger partial charge in [-0.05, 0) is 6.42 Å². The maximum atomic E-state index is 11.3. The van der Waals surface area contributed by atoms with Crippen LogP contribution in [0, 0.1) is 0 Å². The van der Waals surface area contributed by atoms with Crippen molar-refractivity contribution < 1.29 is 19.2 Å². The Morgan fingerprint density at radius 2 is 2.28 bits per heavy atom. The third-order valence-corrected chi connectivity index (χ3v) is 2.24. The number of rotatable bonds is 7. The van der Waals surface area contributed by atoms with Gasteiger partial charge in [0, 0.05) is 25.2 Å². The average Bonchev–Trinajstić information content (AvgIpc) is 2.71. The predicted octanol–water partition coefficient (Wildman–Crippen LogP) is -1.25. The number of aliphatic carboxylic acids is 1. The van der Waals surface area contributed by atoms with Gasteiger partial charge in [0.1, 0.15) is 6.04 Å². The van der Waals surface area contributed by atoms with Crippen LogP contribution in [0.4, 0.5) is 0 Å². The van der Waals surface area contributed by atoms with E-state index in [0.29, 0.717) is 13.1 Å². The van der Waals surface area contributed by atoms with Gasteiger partial charge in [-0.15, -0.1) is 0 Å². The number of hydrogen-bond donors (Lipinski definition) is 3. The molecule has 1 heterocycles. The Labute approximate surface area is 102 Å². The number of carbonyl (C=O) groups is 2. The number of carbonyl (C=O) groups excluding carboxylic acids is 1. The van der Waals surface area contributed by atoms with Crippen LogP contribution in [0.15, 0.2) is 21.6 Å². The lowest BCUT2D eigenvalue weighted by Crippen LogP contribution is -2.33. The van der Waals surface area contributed by atoms with E-state index in [0.717, 1.165) is 0 Å². The number of aromatic nitrogens is 1. The first-order valence-electron chi connectivity index (χ1n) is 5.41. The van der Waals surface area contributed by atoms with E-state index in [-0.39, 0.29) is 18.7 Å². The van der Waals surface area contributed by atoms with E-state index in [1.165, 1.54) is 17.0 Å². The Bertz CT molecular complexity index is 464. The van der Waals surface area contributed by atoms with Crippen molar-refractivity contribution in [2.24, 2.45) is 5.73 Å². The second-order valence-electron chi connectivity index (χ2n) is 3.70. The second-order valence-corrected chi connectivity index (χ2v) is 3.70. The summed E-state index contributed by atoms with van der Waals surface area (Å²) < 4.78 is 6.00. The highest BCUT2D eigenvalue weighted by Crippen LogP contribution is 1.94. The highest BCUT2D eigenvalue weighted by molar-refractivity contribution is 5.78. The fourth-order valence-electron chi connectivity index (χ4n) is 1.24. The molecule has 0 aliphatic carbocycles. The number of nitrogens with zero attached hydrogens (tertiary/aromatic N) is 1. The first-order valence-corrected chi connectivity index (χ1v) is 5.41. The van der Waals surface area contributed by atoms with Gasteiger partial charge < -0.3 is 20.7 Å². The summed E-state index contributed by atoms with van der Waals surface area (Å²) in [6, 6.07) is 0.242. The van der Waals surface area contributed by atoms with Gasteiger partial charge in [-0.3, -0.25) is 9.59 Å². The molecule has 0 spiro atoms. The Balaban J connectivity index is 2.17. The Morgan fingerprint density at radius 3 is 2.83 bits per heavy atom. The lowest BCUT2D eigenvalue weighted by atomic mass is 10.1. The summed E-state index contributed by atoms with van der Waals surface area (Å²) in [6.07, 6.45) is 1.59. The van der Waals surface area contributed by atoms with E-state index in [1.807, 2.05) is 0 Å². The summed E-state index contributed by atoms with van der Waals surface area (Å²) in [5.74, 6) is -1.42. The molecule has 8 nitrogen and oxygen atoms in total. The first kappa shape index (κ1) is 14.0. The quantitative estimate of drug-likeness (QED) is 0.560. The summed E-state index contributed by atoms with van der Waals surface area (Å²) >= 11 is 0. The summed E-state index contributed by atoms with van der Waals surface area (Å²) in [4.78, 5) is 32.4. The van der Waals surface area contributed by atoms with Crippen molar-refractivity contribution in [3.05, 3.63) is 22.7 Å². The van der Waals surface area contributed by atoms with Crippen molar-refractivity contribution in [1.82, 2.24) is 10.1 Å². The molecule has 1 aromatic heterocycles. The first-order chi connectivity index (χ1) is 8.49. The summed E-state index contributed by atoms with van der Waals surface area (Å²) in [7, 11) is 0. The van der Waals surface area contributed by atoms with Gasteiger partial charge in [0.25, 0.3) is 0 Å². The Hall–Kier alpha value is -2.09. The van der Waals surface area contributed by atoms with Gasteiger partial charge in [-0.2, -0.15) is 0 Å². The fraction of sp³-hybridized carbons (Fsp3) is 0.500. The molecule has 0 bridgehead atoms. The van der Waals surface area contributed by atoms with Crippen LogP contribution in [0.3, 0.4) is 0 Å². The molecule has 4 N–H and O–H groups in total. The fourth-order valence-corrected chi connectivity index (χ4v) is 1.24. The lowest BCUT2D eigenvalue weighted by molar-refractivity contribution is -0.138. The van der Waals surface area contributed by atoms with Gasteiger partial charge >= 0.3 is 11.6 Å². The van der Waals surface area contributed by atoms with Crippen LogP contribution in [-0.2, 0) is 16.1 Å². The minimum Gasteiger partial charge on any atom is -0.480 e. The van der Waals surface area contributed by atoms with Crippen LogP contribution in [0.2, 0.25) is 0 Å². The third kappa shape index (κ3) is 4.83. The van der Waals surface area contributed by atoms with E-state index in [2.05, 4.69) is 5.32 Å². The van der Waals surface area contributed by atoms with Crippen LogP contribution in [0.5, 0.6) is 0 Å². The molecule has 0 unspecified atom stereocenters. The zero-order chi connectivity index (χ0) is 13.5. The standard InChI is InChI=1S/C10H15N3O5/c11-7(10(16)17)1-2-8(14)12-4-6-13-5-3-9(15)18-13/h3,5,7H,1-2,4,6,11H2,(H,12,14)(H,16,17)/t7-/m0/s1. The van der Waals surface area contributed by atoms with E-state index in [4.69, 9.17) is 15.4 Å². The molecule has 1 rings (SSSR count). The average molecular weight is 257 g/mol. The van der Waals surface area contributed by atoms with E-state index >= 15 is 0 Å². The van der Waals surface area contributed by atoms with Crippen LogP contribution in [0.1, 0.15) is 12.8 Å². The highest BCUT2D eigenvalue weighted by atomic mass is 16.5. The molecule has 0 aromatic carbocycles. The van der Waals surface area contributed by atoms with Crippen LogP contribution in [-0.4, -0.2) is 34.3 Å². The van der Waals surface area contributed by atoms with E-state index in [9.17, 15) is 14.4 Å². The molecule has 18 heavy (non-hydrogen) atoms. The SMILES string of the molecule is N[C@@H](CCC(=O)NCCn1ccc(=O)o1)C(=O)O. The summed E-state index contributed by atoms with van der Waals surface area (Å²) in [5, 5.41) is 11.1. The predicted molar refractivity (Wildman–Crippen MR) is 60.8 cm³/mol. The molecule has 0 saturated carbocycles. The Morgan fingerprint density at radius 1 is 1.56 bits per heavy atom. The molecule has 0 saturated heterocycles. The number of nitrogens with two attached hydrogens (primary N) is 1. The van der Waals surface area contributed by atoms with Crippen molar-refractivity contribution in [1.29, 1.82) is 0 Å². The number of amides is 1. The molecular formula is C10H15N3O5. The van der Waals surface area contributed by atoms with Crippen LogP contribution < -0.4 is 16.7 Å². The molecule has 8 heteroatoms. The monoisotopic (exact) mass is 257 g/mol. The molecule has 1 amide bonds. The van der Waals surface area contributed by atoms with Gasteiger partial charge in [0.05, 0.1) is 6.54 Å². The molecule has 1 aromatic rings. The molecule has 0 fully saturated rings. The largest absolute Gasteiger partial charge is 0.480 e. The molecule has 100 valence electrons. The minimum atomic E-state index is -1.13. The van der Waals surface area contributed by atoms with Crippen molar-refractivity contribution in [2.45, 2.75) is 25.4 Å². The summed E-state index contributed by atoms with van der Waals surface area (Å²) in [6.45, 7) is 0.623. The lowest BCUT2D eigenvalue weighted by Gasteiger charge is -2.07. The number of hydrogen-bond acceptors (Lipinski definition) is 5. The van der Waals surface area contributed by atoms with Crippen molar-refractivity contribution in [2.75, 3.05) is 6.54 Å². The normalized spacial score (nSPS) is 12.1. The topological polar surface area (TPSA) is 128 Å². The van der Waals surface area contributed by atoms with Crippen molar-refractivity contribution >= 4 is 11.9 Å².